The summed E-state index contributed by atoms with van der Waals surface area (Å²) in [7, 11) is 0. The van der Waals surface area contributed by atoms with Crippen LogP contribution < -0.4 is 9.88 Å². The number of amides is 1. The molecular weight excluding hydrogens is 200 g/mol. The van der Waals surface area contributed by atoms with Gasteiger partial charge in [-0.2, -0.15) is 4.57 Å². The first kappa shape index (κ1) is 12.7. The van der Waals surface area contributed by atoms with Gasteiger partial charge in [0.1, 0.15) is 0 Å². The molecule has 1 N–H and O–H groups in total. The van der Waals surface area contributed by atoms with Crippen molar-refractivity contribution in [1.82, 2.24) is 5.32 Å². The van der Waals surface area contributed by atoms with E-state index in [9.17, 15) is 4.79 Å². The first-order valence-electron chi connectivity index (χ1n) is 5.89. The fraction of sp³-hybridized carbons (Fsp3) is 0.538. The second-order valence-electron chi connectivity index (χ2n) is 4.35. The maximum Gasteiger partial charge on any atom is 0.286 e. The zero-order valence-electron chi connectivity index (χ0n) is 10.4. The highest BCUT2D eigenvalue weighted by molar-refractivity contribution is 5.74. The number of aryl methyl sites for hydroxylation is 1. The van der Waals surface area contributed by atoms with Crippen molar-refractivity contribution in [3.8, 4) is 0 Å². The Hall–Kier alpha value is -1.38. The number of hydrogen-bond acceptors (Lipinski definition) is 1. The van der Waals surface area contributed by atoms with E-state index in [1.807, 2.05) is 30.8 Å². The van der Waals surface area contributed by atoms with Crippen molar-refractivity contribution in [1.29, 1.82) is 0 Å². The molecule has 0 atom stereocenters. The molecule has 0 fully saturated rings. The minimum atomic E-state index is 0.0586. The van der Waals surface area contributed by atoms with E-state index in [0.717, 1.165) is 12.8 Å². The Kier molecular flexibility index (Phi) is 4.96. The largest absolute Gasteiger partial charge is 0.348 e. The van der Waals surface area contributed by atoms with Gasteiger partial charge in [-0.3, -0.25) is 4.79 Å². The first-order valence-corrected chi connectivity index (χ1v) is 5.89. The van der Waals surface area contributed by atoms with Gasteiger partial charge in [0.15, 0.2) is 12.4 Å². The third-order valence-electron chi connectivity index (χ3n) is 2.27. The van der Waals surface area contributed by atoms with Crippen molar-refractivity contribution < 1.29 is 9.36 Å². The first-order chi connectivity index (χ1) is 7.61. The second kappa shape index (κ2) is 6.26. The minimum absolute atomic E-state index is 0.0586. The summed E-state index contributed by atoms with van der Waals surface area (Å²) in [5.74, 6) is 0.0586. The Morgan fingerprint density at radius 1 is 1.38 bits per heavy atom. The molecule has 3 heteroatoms. The van der Waals surface area contributed by atoms with Crippen LogP contribution in [0.1, 0.15) is 32.8 Å². The van der Waals surface area contributed by atoms with Crippen molar-refractivity contribution in [2.45, 2.75) is 46.2 Å². The van der Waals surface area contributed by atoms with E-state index in [4.69, 9.17) is 0 Å². The molecule has 0 saturated heterocycles. The van der Waals surface area contributed by atoms with Gasteiger partial charge in [-0.15, -0.1) is 0 Å². The second-order valence-corrected chi connectivity index (χ2v) is 4.35. The number of carbonyl (C=O) groups is 1. The lowest BCUT2D eigenvalue weighted by Crippen LogP contribution is -2.44. The van der Waals surface area contributed by atoms with E-state index in [0.29, 0.717) is 6.54 Å². The standard InChI is InChI=1S/C13H20N2O/c1-4-5-12-6-8-15(9-7-12)10-13(16)14-11(2)3/h6-9,11H,4-5,10H2,1-3H3/p+1. The average Bonchev–Trinajstić information content (AvgIpc) is 2.20. The molecule has 1 rings (SSSR count). The lowest BCUT2D eigenvalue weighted by Gasteiger charge is -2.05. The predicted molar refractivity (Wildman–Crippen MR) is 63.9 cm³/mol. The van der Waals surface area contributed by atoms with Gasteiger partial charge in [-0.25, -0.2) is 0 Å². The van der Waals surface area contributed by atoms with Crippen molar-refractivity contribution in [3.05, 3.63) is 30.1 Å². The van der Waals surface area contributed by atoms with E-state index in [1.165, 1.54) is 5.56 Å². The van der Waals surface area contributed by atoms with Gasteiger partial charge in [-0.1, -0.05) is 13.3 Å². The summed E-state index contributed by atoms with van der Waals surface area (Å²) in [6, 6.07) is 4.35. The lowest BCUT2D eigenvalue weighted by atomic mass is 10.2. The third kappa shape index (κ3) is 4.43. The molecule has 16 heavy (non-hydrogen) atoms. The van der Waals surface area contributed by atoms with Crippen LogP contribution in [0.15, 0.2) is 24.5 Å². The van der Waals surface area contributed by atoms with E-state index in [-0.39, 0.29) is 11.9 Å². The third-order valence-corrected chi connectivity index (χ3v) is 2.27. The van der Waals surface area contributed by atoms with Crippen LogP contribution in [0.4, 0.5) is 0 Å². The molecule has 0 unspecified atom stereocenters. The summed E-state index contributed by atoms with van der Waals surface area (Å²) in [4.78, 5) is 11.5. The van der Waals surface area contributed by atoms with Crippen molar-refractivity contribution in [2.75, 3.05) is 0 Å². The summed E-state index contributed by atoms with van der Waals surface area (Å²) in [5, 5.41) is 2.87. The van der Waals surface area contributed by atoms with Crippen molar-refractivity contribution >= 4 is 5.91 Å². The van der Waals surface area contributed by atoms with Crippen molar-refractivity contribution in [2.24, 2.45) is 0 Å². The Morgan fingerprint density at radius 2 is 2.00 bits per heavy atom. The normalized spacial score (nSPS) is 10.5. The Bertz CT molecular complexity index is 330. The van der Waals surface area contributed by atoms with Gasteiger partial charge < -0.3 is 5.32 Å². The maximum absolute atomic E-state index is 11.5. The Balaban J connectivity index is 2.51. The van der Waals surface area contributed by atoms with Crippen LogP contribution in [0, 0.1) is 0 Å². The predicted octanol–water partition coefficient (Wildman–Crippen LogP) is 1.45. The Labute approximate surface area is 97.5 Å². The molecule has 1 amide bonds. The number of pyridine rings is 1. The molecule has 1 aromatic heterocycles. The highest BCUT2D eigenvalue weighted by Crippen LogP contribution is 1.98. The summed E-state index contributed by atoms with van der Waals surface area (Å²) in [5.41, 5.74) is 1.32. The number of rotatable bonds is 5. The van der Waals surface area contributed by atoms with E-state index in [2.05, 4.69) is 24.4 Å². The van der Waals surface area contributed by atoms with Crippen LogP contribution in [0.5, 0.6) is 0 Å². The van der Waals surface area contributed by atoms with Crippen LogP contribution in [0.3, 0.4) is 0 Å². The summed E-state index contributed by atoms with van der Waals surface area (Å²) in [6.07, 6.45) is 6.17. The van der Waals surface area contributed by atoms with Gasteiger partial charge in [0.25, 0.3) is 5.91 Å². The summed E-state index contributed by atoms with van der Waals surface area (Å²) >= 11 is 0. The van der Waals surface area contributed by atoms with E-state index >= 15 is 0 Å². The molecule has 1 heterocycles. The number of aromatic nitrogens is 1. The van der Waals surface area contributed by atoms with Crippen molar-refractivity contribution in [3.63, 3.8) is 0 Å². The average molecular weight is 221 g/mol. The van der Waals surface area contributed by atoms with Crippen LogP contribution in [-0.4, -0.2) is 11.9 Å². The van der Waals surface area contributed by atoms with Gasteiger partial charge in [0.2, 0.25) is 6.54 Å². The van der Waals surface area contributed by atoms with Crippen LogP contribution in [0.2, 0.25) is 0 Å². The van der Waals surface area contributed by atoms with Crippen LogP contribution in [0.25, 0.3) is 0 Å². The quantitative estimate of drug-likeness (QED) is 0.750. The molecule has 3 nitrogen and oxygen atoms in total. The molecule has 0 aliphatic carbocycles. The van der Waals surface area contributed by atoms with Gasteiger partial charge >= 0.3 is 0 Å². The van der Waals surface area contributed by atoms with Gasteiger partial charge in [-0.05, 0) is 25.8 Å². The molecule has 0 bridgehead atoms. The highest BCUT2D eigenvalue weighted by Gasteiger charge is 2.09. The van der Waals surface area contributed by atoms with Crippen LogP contribution in [-0.2, 0) is 17.8 Å². The Morgan fingerprint density at radius 3 is 2.50 bits per heavy atom. The smallest absolute Gasteiger partial charge is 0.286 e. The zero-order valence-corrected chi connectivity index (χ0v) is 10.4. The number of hydrogen-bond donors (Lipinski definition) is 1. The molecule has 0 spiro atoms. The van der Waals surface area contributed by atoms with Gasteiger partial charge in [0.05, 0.1) is 0 Å². The summed E-state index contributed by atoms with van der Waals surface area (Å²) in [6.45, 7) is 6.49. The summed E-state index contributed by atoms with van der Waals surface area (Å²) < 4.78 is 1.90. The molecule has 88 valence electrons. The number of carbonyl (C=O) groups excluding carboxylic acids is 1. The molecular formula is C13H21N2O+. The minimum Gasteiger partial charge on any atom is -0.348 e. The molecule has 0 aliphatic rings. The molecule has 0 radical (unpaired) electrons. The fourth-order valence-corrected chi connectivity index (χ4v) is 1.58. The van der Waals surface area contributed by atoms with E-state index in [1.54, 1.807) is 0 Å². The molecule has 1 aromatic rings. The van der Waals surface area contributed by atoms with Crippen LogP contribution >= 0.6 is 0 Å². The molecule has 0 saturated carbocycles. The number of nitrogens with zero attached hydrogens (tertiary/aromatic N) is 1. The lowest BCUT2D eigenvalue weighted by molar-refractivity contribution is -0.684. The SMILES string of the molecule is CCCc1cc[n+](CC(=O)NC(C)C)cc1. The highest BCUT2D eigenvalue weighted by atomic mass is 16.2. The maximum atomic E-state index is 11.5. The van der Waals surface area contributed by atoms with Gasteiger partial charge in [0, 0.05) is 18.2 Å². The van der Waals surface area contributed by atoms with E-state index < -0.39 is 0 Å². The topological polar surface area (TPSA) is 33.0 Å². The zero-order chi connectivity index (χ0) is 12.0. The fourth-order valence-electron chi connectivity index (χ4n) is 1.58. The monoisotopic (exact) mass is 221 g/mol. The molecule has 0 aliphatic heterocycles. The number of nitrogens with one attached hydrogen (secondary N) is 1. The molecule has 0 aromatic carbocycles.